The summed E-state index contributed by atoms with van der Waals surface area (Å²) in [6.45, 7) is 0.479. The highest BCUT2D eigenvalue weighted by Gasteiger charge is 2.19. The molecule has 1 aromatic rings. The predicted octanol–water partition coefficient (Wildman–Crippen LogP) is 4.14. The van der Waals surface area contributed by atoms with Crippen molar-refractivity contribution in [3.8, 4) is 0 Å². The molecular formula is C13H15Br2NO2. The highest BCUT2D eigenvalue weighted by atomic mass is 79.9. The maximum atomic E-state index is 11.9. The Morgan fingerprint density at radius 3 is 2.72 bits per heavy atom. The molecule has 1 aromatic carbocycles. The average Bonchev–Trinajstić information content (AvgIpc) is 2.26. The molecule has 0 amide bonds. The van der Waals surface area contributed by atoms with Crippen LogP contribution in [0.5, 0.6) is 0 Å². The summed E-state index contributed by atoms with van der Waals surface area (Å²) < 4.78 is 6.76. The largest absolute Gasteiger partial charge is 0.462 e. The SMILES string of the molecule is Nc1c(Br)cc(Br)cc1C(=O)OCCC1CCC1. The molecule has 0 aliphatic heterocycles. The van der Waals surface area contributed by atoms with E-state index in [1.807, 2.05) is 0 Å². The number of carbonyl (C=O) groups is 1. The zero-order chi connectivity index (χ0) is 13.1. The number of benzene rings is 1. The molecule has 0 atom stereocenters. The van der Waals surface area contributed by atoms with Gasteiger partial charge in [-0.05, 0) is 40.4 Å². The first kappa shape index (κ1) is 13.9. The standard InChI is InChI=1S/C13H15Br2NO2/c14-9-6-10(12(16)11(15)7-9)13(17)18-5-4-8-2-1-3-8/h6-8H,1-5,16H2. The minimum absolute atomic E-state index is 0.353. The van der Waals surface area contributed by atoms with Crippen molar-refractivity contribution in [2.45, 2.75) is 25.7 Å². The summed E-state index contributed by atoms with van der Waals surface area (Å²) in [4.78, 5) is 11.9. The molecular weight excluding hydrogens is 362 g/mol. The van der Waals surface area contributed by atoms with Gasteiger partial charge in [-0.25, -0.2) is 4.79 Å². The molecule has 2 rings (SSSR count). The molecule has 1 aliphatic rings. The van der Waals surface area contributed by atoms with Gasteiger partial charge in [0.2, 0.25) is 0 Å². The van der Waals surface area contributed by atoms with Crippen LogP contribution in [0.25, 0.3) is 0 Å². The van der Waals surface area contributed by atoms with Gasteiger partial charge in [0.05, 0.1) is 17.9 Å². The van der Waals surface area contributed by atoms with Crippen LogP contribution in [0.2, 0.25) is 0 Å². The van der Waals surface area contributed by atoms with Crippen LogP contribution in [0.15, 0.2) is 21.1 Å². The second kappa shape index (κ2) is 6.06. The fourth-order valence-corrected chi connectivity index (χ4v) is 3.16. The van der Waals surface area contributed by atoms with Gasteiger partial charge in [-0.2, -0.15) is 0 Å². The van der Waals surface area contributed by atoms with Gasteiger partial charge >= 0.3 is 5.97 Å². The molecule has 0 bridgehead atoms. The smallest absolute Gasteiger partial charge is 0.340 e. The van der Waals surface area contributed by atoms with E-state index in [1.165, 1.54) is 19.3 Å². The lowest BCUT2D eigenvalue weighted by Gasteiger charge is -2.24. The maximum Gasteiger partial charge on any atom is 0.340 e. The summed E-state index contributed by atoms with van der Waals surface area (Å²) in [6.07, 6.45) is 4.80. The molecule has 0 aromatic heterocycles. The quantitative estimate of drug-likeness (QED) is 0.634. The van der Waals surface area contributed by atoms with Crippen molar-refractivity contribution in [1.29, 1.82) is 0 Å². The topological polar surface area (TPSA) is 52.3 Å². The molecule has 1 saturated carbocycles. The number of rotatable bonds is 4. The molecule has 0 radical (unpaired) electrons. The zero-order valence-corrected chi connectivity index (χ0v) is 13.1. The van der Waals surface area contributed by atoms with Gasteiger partial charge in [0.25, 0.3) is 0 Å². The van der Waals surface area contributed by atoms with E-state index < -0.39 is 0 Å². The monoisotopic (exact) mass is 375 g/mol. The summed E-state index contributed by atoms with van der Waals surface area (Å²) in [5.41, 5.74) is 6.68. The minimum atomic E-state index is -0.353. The summed E-state index contributed by atoms with van der Waals surface area (Å²) in [6, 6.07) is 3.49. The van der Waals surface area contributed by atoms with Crippen molar-refractivity contribution in [2.24, 2.45) is 5.92 Å². The van der Waals surface area contributed by atoms with Crippen LogP contribution in [0.3, 0.4) is 0 Å². The Bertz CT molecular complexity index is 459. The third kappa shape index (κ3) is 3.26. The average molecular weight is 377 g/mol. The van der Waals surface area contributed by atoms with Gasteiger partial charge in [-0.15, -0.1) is 0 Å². The molecule has 3 nitrogen and oxygen atoms in total. The Hall–Kier alpha value is -0.550. The van der Waals surface area contributed by atoms with Crippen LogP contribution in [0.1, 0.15) is 36.0 Å². The van der Waals surface area contributed by atoms with Gasteiger partial charge in [0.15, 0.2) is 0 Å². The Morgan fingerprint density at radius 1 is 1.39 bits per heavy atom. The predicted molar refractivity (Wildman–Crippen MR) is 78.5 cm³/mol. The second-order valence-corrected chi connectivity index (χ2v) is 6.34. The molecule has 0 unspecified atom stereocenters. The number of halogens is 2. The lowest BCUT2D eigenvalue weighted by atomic mass is 9.83. The fourth-order valence-electron chi connectivity index (χ4n) is 1.93. The van der Waals surface area contributed by atoms with Gasteiger partial charge in [-0.3, -0.25) is 0 Å². The highest BCUT2D eigenvalue weighted by molar-refractivity contribution is 9.11. The van der Waals surface area contributed by atoms with Crippen molar-refractivity contribution in [3.63, 3.8) is 0 Å². The van der Waals surface area contributed by atoms with E-state index in [4.69, 9.17) is 10.5 Å². The Kier molecular flexibility index (Phi) is 4.67. The summed E-state index contributed by atoms with van der Waals surface area (Å²) in [5.74, 6) is 0.387. The lowest BCUT2D eigenvalue weighted by Crippen LogP contribution is -2.16. The van der Waals surface area contributed by atoms with Gasteiger partial charge in [0.1, 0.15) is 0 Å². The summed E-state index contributed by atoms with van der Waals surface area (Å²) in [7, 11) is 0. The molecule has 1 fully saturated rings. The van der Waals surface area contributed by atoms with E-state index in [0.717, 1.165) is 16.8 Å². The summed E-state index contributed by atoms with van der Waals surface area (Å²) >= 11 is 6.65. The molecule has 0 spiro atoms. The first-order valence-corrected chi connectivity index (χ1v) is 7.58. The van der Waals surface area contributed by atoms with E-state index in [0.29, 0.717) is 22.3 Å². The zero-order valence-electron chi connectivity index (χ0n) is 9.92. The van der Waals surface area contributed by atoms with Crippen molar-refractivity contribution < 1.29 is 9.53 Å². The number of hydrogen-bond donors (Lipinski definition) is 1. The number of ether oxygens (including phenoxy) is 1. The minimum Gasteiger partial charge on any atom is -0.462 e. The van der Waals surface area contributed by atoms with E-state index in [-0.39, 0.29) is 5.97 Å². The highest BCUT2D eigenvalue weighted by Crippen LogP contribution is 2.30. The number of carbonyl (C=O) groups excluding carboxylic acids is 1. The third-order valence-corrected chi connectivity index (χ3v) is 4.41. The Labute approximate surface area is 123 Å². The van der Waals surface area contributed by atoms with E-state index in [1.54, 1.807) is 12.1 Å². The molecule has 18 heavy (non-hydrogen) atoms. The van der Waals surface area contributed by atoms with Crippen LogP contribution in [-0.2, 0) is 4.74 Å². The third-order valence-electron chi connectivity index (χ3n) is 3.30. The fraction of sp³-hybridized carbons (Fsp3) is 0.462. The number of hydrogen-bond acceptors (Lipinski definition) is 3. The number of nitrogen functional groups attached to an aromatic ring is 1. The Balaban J connectivity index is 1.95. The summed E-state index contributed by atoms with van der Waals surface area (Å²) in [5, 5.41) is 0. The van der Waals surface area contributed by atoms with Crippen LogP contribution < -0.4 is 5.73 Å². The first-order chi connectivity index (χ1) is 8.58. The van der Waals surface area contributed by atoms with E-state index in [9.17, 15) is 4.79 Å². The molecule has 1 aliphatic carbocycles. The van der Waals surface area contributed by atoms with Gasteiger partial charge in [-0.1, -0.05) is 35.2 Å². The number of anilines is 1. The normalized spacial score (nSPS) is 15.2. The van der Waals surface area contributed by atoms with E-state index >= 15 is 0 Å². The number of nitrogens with two attached hydrogens (primary N) is 1. The van der Waals surface area contributed by atoms with Crippen molar-refractivity contribution in [3.05, 3.63) is 26.6 Å². The van der Waals surface area contributed by atoms with Gasteiger partial charge < -0.3 is 10.5 Å². The molecule has 0 heterocycles. The molecule has 98 valence electrons. The first-order valence-electron chi connectivity index (χ1n) is 5.99. The van der Waals surface area contributed by atoms with Crippen molar-refractivity contribution >= 4 is 43.5 Å². The van der Waals surface area contributed by atoms with Crippen LogP contribution >= 0.6 is 31.9 Å². The van der Waals surface area contributed by atoms with Gasteiger partial charge in [0, 0.05) is 8.95 Å². The molecule has 0 saturated heterocycles. The van der Waals surface area contributed by atoms with Crippen molar-refractivity contribution in [1.82, 2.24) is 0 Å². The van der Waals surface area contributed by atoms with Crippen LogP contribution in [-0.4, -0.2) is 12.6 Å². The number of esters is 1. The molecule has 2 N–H and O–H groups in total. The Morgan fingerprint density at radius 2 is 2.11 bits per heavy atom. The maximum absolute atomic E-state index is 11.9. The van der Waals surface area contributed by atoms with Crippen LogP contribution in [0, 0.1) is 5.92 Å². The van der Waals surface area contributed by atoms with Crippen molar-refractivity contribution in [2.75, 3.05) is 12.3 Å². The second-order valence-electron chi connectivity index (χ2n) is 4.57. The van der Waals surface area contributed by atoms with E-state index in [2.05, 4.69) is 31.9 Å². The van der Waals surface area contributed by atoms with Crippen LogP contribution in [0.4, 0.5) is 5.69 Å². The molecule has 5 heteroatoms. The lowest BCUT2D eigenvalue weighted by molar-refractivity contribution is 0.0465.